The fourth-order valence-corrected chi connectivity index (χ4v) is 2.08. The summed E-state index contributed by atoms with van der Waals surface area (Å²) >= 11 is 3.45. The Bertz CT molecular complexity index is 297. The molecule has 0 aromatic heterocycles. The summed E-state index contributed by atoms with van der Waals surface area (Å²) in [6, 6.07) is 8.77. The number of benzene rings is 1. The molecule has 1 atom stereocenters. The van der Waals surface area contributed by atoms with E-state index in [9.17, 15) is 0 Å². The summed E-state index contributed by atoms with van der Waals surface area (Å²) in [4.78, 5) is 2.34. The molecule has 0 aliphatic carbocycles. The molecule has 0 aliphatic heterocycles. The molecule has 2 N–H and O–H groups in total. The maximum atomic E-state index is 5.86. The minimum Gasteiger partial charge on any atom is -0.329 e. The molecule has 1 aromatic rings. The number of nitrogens with two attached hydrogens (primary N) is 1. The Hall–Kier alpha value is -0.380. The van der Waals surface area contributed by atoms with Crippen LogP contribution in [0.4, 0.5) is 0 Å². The fourth-order valence-electron chi connectivity index (χ4n) is 1.82. The lowest BCUT2D eigenvalue weighted by Crippen LogP contribution is -2.31. The summed E-state index contributed by atoms with van der Waals surface area (Å²) in [5, 5.41) is 0. The van der Waals surface area contributed by atoms with Gasteiger partial charge >= 0.3 is 0 Å². The first kappa shape index (κ1) is 13.7. The van der Waals surface area contributed by atoms with Gasteiger partial charge in [-0.3, -0.25) is 4.90 Å². The van der Waals surface area contributed by atoms with Crippen LogP contribution in [-0.4, -0.2) is 25.0 Å². The van der Waals surface area contributed by atoms with Gasteiger partial charge in [-0.15, -0.1) is 0 Å². The predicted molar refractivity (Wildman–Crippen MR) is 73.5 cm³/mol. The predicted octanol–water partition coefficient (Wildman–Crippen LogP) is 3.18. The van der Waals surface area contributed by atoms with Crippen molar-refractivity contribution in [3.05, 3.63) is 34.3 Å². The van der Waals surface area contributed by atoms with Gasteiger partial charge in [-0.05, 0) is 37.7 Å². The van der Waals surface area contributed by atoms with Crippen LogP contribution in [0.25, 0.3) is 0 Å². The highest BCUT2D eigenvalue weighted by Gasteiger charge is 2.14. The average molecular weight is 285 g/mol. The Balaban J connectivity index is 2.69. The molecule has 1 rings (SSSR count). The lowest BCUT2D eigenvalue weighted by atomic mass is 10.1. The summed E-state index contributed by atoms with van der Waals surface area (Å²) in [6.45, 7) is 3.99. The smallest absolute Gasteiger partial charge is 0.0467 e. The van der Waals surface area contributed by atoms with Crippen LogP contribution in [0.15, 0.2) is 28.7 Å². The van der Waals surface area contributed by atoms with Crippen molar-refractivity contribution in [3.63, 3.8) is 0 Å². The van der Waals surface area contributed by atoms with Crippen molar-refractivity contribution in [2.45, 2.75) is 25.8 Å². The number of halogens is 1. The number of hydrogen-bond donors (Lipinski definition) is 1. The third kappa shape index (κ3) is 3.89. The van der Waals surface area contributed by atoms with E-state index in [1.54, 1.807) is 0 Å². The molecule has 16 heavy (non-hydrogen) atoms. The van der Waals surface area contributed by atoms with Crippen molar-refractivity contribution in [1.82, 2.24) is 4.90 Å². The van der Waals surface area contributed by atoms with Gasteiger partial charge in [-0.25, -0.2) is 0 Å². The van der Waals surface area contributed by atoms with E-state index >= 15 is 0 Å². The summed E-state index contributed by atoms with van der Waals surface area (Å²) in [5.74, 6) is 0. The van der Waals surface area contributed by atoms with E-state index in [0.717, 1.165) is 11.0 Å². The van der Waals surface area contributed by atoms with Crippen LogP contribution in [0.1, 0.15) is 31.4 Å². The maximum Gasteiger partial charge on any atom is 0.0467 e. The fraction of sp³-hybridized carbons (Fsp3) is 0.538. The first-order valence-electron chi connectivity index (χ1n) is 5.84. The van der Waals surface area contributed by atoms with Gasteiger partial charge in [0.25, 0.3) is 0 Å². The van der Waals surface area contributed by atoms with Crippen LogP contribution in [-0.2, 0) is 0 Å². The van der Waals surface area contributed by atoms with Gasteiger partial charge in [0.15, 0.2) is 0 Å². The van der Waals surface area contributed by atoms with Gasteiger partial charge in [0.2, 0.25) is 0 Å². The number of nitrogens with zero attached hydrogens (tertiary/aromatic N) is 1. The van der Waals surface area contributed by atoms with Crippen molar-refractivity contribution in [2.24, 2.45) is 5.73 Å². The van der Waals surface area contributed by atoms with Crippen LogP contribution >= 0.6 is 15.9 Å². The number of rotatable bonds is 6. The van der Waals surface area contributed by atoms with Crippen LogP contribution in [0, 0.1) is 0 Å². The van der Waals surface area contributed by atoms with E-state index in [0.29, 0.717) is 12.6 Å². The molecule has 2 nitrogen and oxygen atoms in total. The van der Waals surface area contributed by atoms with Gasteiger partial charge in [-0.1, -0.05) is 41.4 Å². The molecular weight excluding hydrogens is 264 g/mol. The molecule has 0 aliphatic rings. The zero-order valence-corrected chi connectivity index (χ0v) is 11.7. The Morgan fingerprint density at radius 2 is 1.94 bits per heavy atom. The second-order valence-electron chi connectivity index (χ2n) is 4.14. The Morgan fingerprint density at radius 3 is 2.44 bits per heavy atom. The zero-order chi connectivity index (χ0) is 12.0. The SMILES string of the molecule is CCCCN(C)C(CN)c1ccc(Br)cc1. The van der Waals surface area contributed by atoms with E-state index in [-0.39, 0.29) is 0 Å². The first-order chi connectivity index (χ1) is 7.69. The summed E-state index contributed by atoms with van der Waals surface area (Å²) in [5.41, 5.74) is 7.16. The quantitative estimate of drug-likeness (QED) is 0.869. The van der Waals surface area contributed by atoms with Crippen molar-refractivity contribution in [3.8, 4) is 0 Å². The molecule has 90 valence electrons. The highest BCUT2D eigenvalue weighted by Crippen LogP contribution is 2.20. The van der Waals surface area contributed by atoms with Gasteiger partial charge in [0, 0.05) is 17.1 Å². The summed E-state index contributed by atoms with van der Waals surface area (Å²) in [6.07, 6.45) is 2.45. The number of likely N-dealkylation sites (N-methyl/N-ethyl adjacent to an activating group) is 1. The molecule has 0 bridgehead atoms. The molecule has 0 radical (unpaired) electrons. The van der Waals surface area contributed by atoms with E-state index in [4.69, 9.17) is 5.73 Å². The second kappa shape index (κ2) is 7.05. The van der Waals surface area contributed by atoms with Gasteiger partial charge < -0.3 is 5.73 Å². The molecule has 0 fully saturated rings. The monoisotopic (exact) mass is 284 g/mol. The third-order valence-electron chi connectivity index (χ3n) is 2.87. The third-order valence-corrected chi connectivity index (χ3v) is 3.40. The lowest BCUT2D eigenvalue weighted by molar-refractivity contribution is 0.246. The van der Waals surface area contributed by atoms with Gasteiger partial charge in [-0.2, -0.15) is 0 Å². The topological polar surface area (TPSA) is 29.3 Å². The largest absolute Gasteiger partial charge is 0.329 e. The molecule has 3 heteroatoms. The van der Waals surface area contributed by atoms with E-state index in [1.807, 2.05) is 0 Å². The zero-order valence-electron chi connectivity index (χ0n) is 10.1. The van der Waals surface area contributed by atoms with Crippen molar-refractivity contribution >= 4 is 15.9 Å². The van der Waals surface area contributed by atoms with Crippen molar-refractivity contribution in [1.29, 1.82) is 0 Å². The minimum absolute atomic E-state index is 0.333. The second-order valence-corrected chi connectivity index (χ2v) is 5.05. The van der Waals surface area contributed by atoms with Gasteiger partial charge in [0.1, 0.15) is 0 Å². The standard InChI is InChI=1S/C13H21BrN2/c1-3-4-9-16(2)13(10-15)11-5-7-12(14)8-6-11/h5-8,13H,3-4,9-10,15H2,1-2H3. The normalized spacial score (nSPS) is 13.1. The highest BCUT2D eigenvalue weighted by atomic mass is 79.9. The first-order valence-corrected chi connectivity index (χ1v) is 6.64. The van der Waals surface area contributed by atoms with Crippen LogP contribution in [0.3, 0.4) is 0 Å². The average Bonchev–Trinajstić information content (AvgIpc) is 2.30. The molecule has 1 unspecified atom stereocenters. The summed E-state index contributed by atoms with van der Waals surface area (Å²) in [7, 11) is 2.15. The van der Waals surface area contributed by atoms with Crippen LogP contribution in [0.2, 0.25) is 0 Å². The van der Waals surface area contributed by atoms with Gasteiger partial charge in [0.05, 0.1) is 0 Å². The Labute approximate surface area is 107 Å². The Morgan fingerprint density at radius 1 is 1.31 bits per heavy atom. The molecule has 1 aromatic carbocycles. The van der Waals surface area contributed by atoms with Crippen molar-refractivity contribution < 1.29 is 0 Å². The van der Waals surface area contributed by atoms with E-state index in [1.165, 1.54) is 18.4 Å². The van der Waals surface area contributed by atoms with Crippen molar-refractivity contribution in [2.75, 3.05) is 20.1 Å². The molecule has 0 saturated heterocycles. The van der Waals surface area contributed by atoms with Crippen LogP contribution in [0.5, 0.6) is 0 Å². The number of hydrogen-bond acceptors (Lipinski definition) is 2. The molecule has 0 spiro atoms. The number of unbranched alkanes of at least 4 members (excludes halogenated alkanes) is 1. The highest BCUT2D eigenvalue weighted by molar-refractivity contribution is 9.10. The molecule has 0 amide bonds. The van der Waals surface area contributed by atoms with E-state index < -0.39 is 0 Å². The lowest BCUT2D eigenvalue weighted by Gasteiger charge is -2.27. The Kier molecular flexibility index (Phi) is 6.03. The molecule has 0 heterocycles. The van der Waals surface area contributed by atoms with Crippen LogP contribution < -0.4 is 5.73 Å². The summed E-state index contributed by atoms with van der Waals surface area (Å²) < 4.78 is 1.11. The van der Waals surface area contributed by atoms with E-state index in [2.05, 4.69) is 59.1 Å². The minimum atomic E-state index is 0.333. The maximum absolute atomic E-state index is 5.86. The molecule has 0 saturated carbocycles. The molecular formula is C13H21BrN2.